The van der Waals surface area contributed by atoms with E-state index in [1.54, 1.807) is 32.4 Å². The lowest BCUT2D eigenvalue weighted by Crippen LogP contribution is -2.06. The number of benzene rings is 1. The van der Waals surface area contributed by atoms with Crippen molar-refractivity contribution in [2.24, 2.45) is 0 Å². The summed E-state index contributed by atoms with van der Waals surface area (Å²) in [5, 5.41) is 9.57. The van der Waals surface area contributed by atoms with E-state index in [0.717, 1.165) is 17.9 Å². The maximum Gasteiger partial charge on any atom is 0.161 e. The summed E-state index contributed by atoms with van der Waals surface area (Å²) in [6.45, 7) is 5.01. The van der Waals surface area contributed by atoms with E-state index < -0.39 is 6.10 Å². The molecule has 5 nitrogen and oxygen atoms in total. The highest BCUT2D eigenvalue weighted by Gasteiger charge is 2.10. The lowest BCUT2D eigenvalue weighted by atomic mass is 10.1. The molecular formula is C15H20N2O3. The molecule has 0 saturated carbocycles. The van der Waals surface area contributed by atoms with Crippen molar-refractivity contribution < 1.29 is 14.6 Å². The molecule has 0 saturated heterocycles. The Morgan fingerprint density at radius 3 is 2.80 bits per heavy atom. The summed E-state index contributed by atoms with van der Waals surface area (Å²) < 4.78 is 13.1. The van der Waals surface area contributed by atoms with Crippen molar-refractivity contribution in [3.63, 3.8) is 0 Å². The van der Waals surface area contributed by atoms with Gasteiger partial charge in [0.15, 0.2) is 11.5 Å². The molecule has 1 aromatic carbocycles. The molecule has 0 bridgehead atoms. The summed E-state index contributed by atoms with van der Waals surface area (Å²) in [7, 11) is 1.58. The van der Waals surface area contributed by atoms with Crippen LogP contribution in [0, 0.1) is 0 Å². The van der Waals surface area contributed by atoms with Crippen LogP contribution in [0.2, 0.25) is 0 Å². The van der Waals surface area contributed by atoms with Crippen molar-refractivity contribution in [3.05, 3.63) is 42.0 Å². The molecule has 0 spiro atoms. The number of aliphatic hydroxyl groups excluding tert-OH is 1. The molecule has 0 aliphatic rings. The minimum Gasteiger partial charge on any atom is -0.493 e. The van der Waals surface area contributed by atoms with E-state index in [1.165, 1.54) is 0 Å². The molecule has 5 heteroatoms. The highest BCUT2D eigenvalue weighted by Crippen LogP contribution is 2.30. The van der Waals surface area contributed by atoms with E-state index in [-0.39, 0.29) is 0 Å². The Hall–Kier alpha value is -2.01. The molecule has 2 aromatic rings. The third-order valence-corrected chi connectivity index (χ3v) is 3.17. The third kappa shape index (κ3) is 3.11. The van der Waals surface area contributed by atoms with Crippen LogP contribution in [0.3, 0.4) is 0 Å². The van der Waals surface area contributed by atoms with Crippen LogP contribution in [0.15, 0.2) is 30.6 Å². The zero-order chi connectivity index (χ0) is 14.5. The monoisotopic (exact) mass is 276 g/mol. The van der Waals surface area contributed by atoms with Crippen LogP contribution in [0.5, 0.6) is 11.5 Å². The van der Waals surface area contributed by atoms with E-state index in [1.807, 2.05) is 16.8 Å². The number of imidazole rings is 1. The molecule has 1 aromatic heterocycles. The molecule has 0 radical (unpaired) electrons. The summed E-state index contributed by atoms with van der Waals surface area (Å²) in [6, 6.07) is 5.42. The highest BCUT2D eigenvalue weighted by molar-refractivity contribution is 5.43. The molecule has 1 N–H and O–H groups in total. The zero-order valence-corrected chi connectivity index (χ0v) is 12.0. The van der Waals surface area contributed by atoms with Crippen LogP contribution in [0.1, 0.15) is 31.3 Å². The Labute approximate surface area is 118 Å². The fraction of sp³-hybridized carbons (Fsp3) is 0.400. The predicted octanol–water partition coefficient (Wildman–Crippen LogP) is 2.54. The number of ether oxygens (including phenoxy) is 2. The topological polar surface area (TPSA) is 56.5 Å². The van der Waals surface area contributed by atoms with Crippen molar-refractivity contribution in [1.82, 2.24) is 9.55 Å². The number of aryl methyl sites for hydroxylation is 1. The standard InChI is InChI=1S/C15H20N2O3/c1-4-17-8-7-16-15(17)10-20-13-6-5-12(11(2)18)9-14(13)19-3/h5-9,11,18H,4,10H2,1-3H3/t11-/m0/s1. The first-order chi connectivity index (χ1) is 9.65. The minimum atomic E-state index is -0.531. The Balaban J connectivity index is 2.13. The van der Waals surface area contributed by atoms with Gasteiger partial charge in [0.05, 0.1) is 13.2 Å². The van der Waals surface area contributed by atoms with Crippen molar-refractivity contribution >= 4 is 0 Å². The van der Waals surface area contributed by atoms with Gasteiger partial charge in [0, 0.05) is 18.9 Å². The van der Waals surface area contributed by atoms with Gasteiger partial charge in [-0.05, 0) is 31.5 Å². The summed E-state index contributed by atoms with van der Waals surface area (Å²) in [6.07, 6.45) is 3.15. The number of rotatable bonds is 6. The number of aliphatic hydroxyl groups is 1. The Morgan fingerprint density at radius 2 is 2.15 bits per heavy atom. The van der Waals surface area contributed by atoms with Crippen LogP contribution in [-0.2, 0) is 13.2 Å². The largest absolute Gasteiger partial charge is 0.493 e. The average molecular weight is 276 g/mol. The minimum absolute atomic E-state index is 0.380. The van der Waals surface area contributed by atoms with E-state index in [4.69, 9.17) is 9.47 Å². The van der Waals surface area contributed by atoms with Gasteiger partial charge in [0.2, 0.25) is 0 Å². The van der Waals surface area contributed by atoms with Crippen LogP contribution in [0.25, 0.3) is 0 Å². The van der Waals surface area contributed by atoms with Crippen molar-refractivity contribution in [2.45, 2.75) is 33.1 Å². The second kappa shape index (κ2) is 6.43. The number of hydrogen-bond donors (Lipinski definition) is 1. The SMILES string of the molecule is CCn1ccnc1COc1ccc([C@H](C)O)cc1OC. The normalized spacial score (nSPS) is 12.2. The molecular weight excluding hydrogens is 256 g/mol. The van der Waals surface area contributed by atoms with Crippen LogP contribution >= 0.6 is 0 Å². The van der Waals surface area contributed by atoms with Gasteiger partial charge in [-0.3, -0.25) is 0 Å². The molecule has 0 aliphatic heterocycles. The van der Waals surface area contributed by atoms with Gasteiger partial charge < -0.3 is 19.1 Å². The second-order valence-corrected chi connectivity index (χ2v) is 4.50. The first-order valence-corrected chi connectivity index (χ1v) is 6.64. The number of methoxy groups -OCH3 is 1. The van der Waals surface area contributed by atoms with Crippen LogP contribution in [0.4, 0.5) is 0 Å². The molecule has 108 valence electrons. The van der Waals surface area contributed by atoms with Gasteiger partial charge in [-0.1, -0.05) is 6.07 Å². The van der Waals surface area contributed by atoms with Gasteiger partial charge >= 0.3 is 0 Å². The zero-order valence-electron chi connectivity index (χ0n) is 12.0. The van der Waals surface area contributed by atoms with Gasteiger partial charge in [0.1, 0.15) is 12.4 Å². The molecule has 0 unspecified atom stereocenters. The number of aromatic nitrogens is 2. The molecule has 1 heterocycles. The molecule has 0 fully saturated rings. The summed E-state index contributed by atoms with van der Waals surface area (Å²) in [5.74, 6) is 2.12. The highest BCUT2D eigenvalue weighted by atomic mass is 16.5. The first kappa shape index (κ1) is 14.4. The fourth-order valence-corrected chi connectivity index (χ4v) is 1.97. The van der Waals surface area contributed by atoms with Crippen molar-refractivity contribution in [3.8, 4) is 11.5 Å². The van der Waals surface area contributed by atoms with Gasteiger partial charge in [0.25, 0.3) is 0 Å². The van der Waals surface area contributed by atoms with E-state index in [0.29, 0.717) is 18.1 Å². The van der Waals surface area contributed by atoms with E-state index in [9.17, 15) is 5.11 Å². The predicted molar refractivity (Wildman–Crippen MR) is 75.9 cm³/mol. The van der Waals surface area contributed by atoms with Crippen LogP contribution in [-0.4, -0.2) is 21.8 Å². The molecule has 2 rings (SSSR count). The lowest BCUT2D eigenvalue weighted by Gasteiger charge is -2.13. The Kier molecular flexibility index (Phi) is 4.63. The summed E-state index contributed by atoms with van der Waals surface area (Å²) >= 11 is 0. The number of nitrogens with zero attached hydrogens (tertiary/aromatic N) is 2. The lowest BCUT2D eigenvalue weighted by molar-refractivity contribution is 0.198. The summed E-state index contributed by atoms with van der Waals surface area (Å²) in [4.78, 5) is 4.26. The summed E-state index contributed by atoms with van der Waals surface area (Å²) in [5.41, 5.74) is 0.796. The molecule has 20 heavy (non-hydrogen) atoms. The van der Waals surface area contributed by atoms with E-state index in [2.05, 4.69) is 11.9 Å². The van der Waals surface area contributed by atoms with Crippen molar-refractivity contribution in [1.29, 1.82) is 0 Å². The van der Waals surface area contributed by atoms with Gasteiger partial charge in [-0.15, -0.1) is 0 Å². The molecule has 1 atom stereocenters. The Bertz CT molecular complexity index is 564. The first-order valence-electron chi connectivity index (χ1n) is 6.64. The third-order valence-electron chi connectivity index (χ3n) is 3.17. The average Bonchev–Trinajstić information content (AvgIpc) is 2.92. The van der Waals surface area contributed by atoms with E-state index >= 15 is 0 Å². The van der Waals surface area contributed by atoms with Crippen LogP contribution < -0.4 is 9.47 Å². The second-order valence-electron chi connectivity index (χ2n) is 4.50. The molecule has 0 amide bonds. The quantitative estimate of drug-likeness (QED) is 0.881. The smallest absolute Gasteiger partial charge is 0.161 e. The van der Waals surface area contributed by atoms with Gasteiger partial charge in [-0.2, -0.15) is 0 Å². The maximum absolute atomic E-state index is 9.57. The molecule has 0 aliphatic carbocycles. The van der Waals surface area contributed by atoms with Gasteiger partial charge in [-0.25, -0.2) is 4.98 Å². The fourth-order valence-electron chi connectivity index (χ4n) is 1.97. The Morgan fingerprint density at radius 1 is 1.35 bits per heavy atom. The number of hydrogen-bond acceptors (Lipinski definition) is 4. The maximum atomic E-state index is 9.57. The van der Waals surface area contributed by atoms with Crippen molar-refractivity contribution in [2.75, 3.05) is 7.11 Å².